The van der Waals surface area contributed by atoms with Crippen molar-refractivity contribution in [3.8, 4) is 0 Å². The van der Waals surface area contributed by atoms with Crippen LogP contribution < -0.4 is 0 Å². The van der Waals surface area contributed by atoms with Gasteiger partial charge >= 0.3 is 5.97 Å². The molecule has 0 aromatic heterocycles. The van der Waals surface area contributed by atoms with Crippen LogP contribution in [0.3, 0.4) is 0 Å². The summed E-state index contributed by atoms with van der Waals surface area (Å²) in [7, 11) is 0. The predicted octanol–water partition coefficient (Wildman–Crippen LogP) is 1.06. The second kappa shape index (κ2) is 7.04. The van der Waals surface area contributed by atoms with Crippen LogP contribution in [0, 0.1) is 5.92 Å². The first-order valence-corrected chi connectivity index (χ1v) is 5.69. The van der Waals surface area contributed by atoms with Crippen molar-refractivity contribution >= 4 is 5.97 Å². The zero-order chi connectivity index (χ0) is 12.7. The molecule has 4 heteroatoms. The first-order valence-electron chi connectivity index (χ1n) is 5.69. The lowest BCUT2D eigenvalue weighted by molar-refractivity contribution is -0.143. The second-order valence-electron chi connectivity index (χ2n) is 4.13. The molecule has 94 valence electrons. The van der Waals surface area contributed by atoms with Crippen molar-refractivity contribution in [1.29, 1.82) is 0 Å². The molecule has 1 rings (SSSR count). The van der Waals surface area contributed by atoms with Crippen LogP contribution in [0.25, 0.3) is 0 Å². The zero-order valence-corrected chi connectivity index (χ0v) is 9.62. The molecule has 0 heterocycles. The number of carboxylic acids is 1. The number of carboxylic acid groups (broad SMARTS) is 1. The van der Waals surface area contributed by atoms with Crippen molar-refractivity contribution < 1.29 is 20.1 Å². The highest BCUT2D eigenvalue weighted by Crippen LogP contribution is 2.15. The minimum Gasteiger partial charge on any atom is -0.481 e. The van der Waals surface area contributed by atoms with E-state index in [1.807, 2.05) is 30.3 Å². The summed E-state index contributed by atoms with van der Waals surface area (Å²) in [6, 6.07) is 9.62. The van der Waals surface area contributed by atoms with Crippen molar-refractivity contribution in [3.05, 3.63) is 35.9 Å². The predicted molar refractivity (Wildman–Crippen MR) is 63.6 cm³/mol. The first kappa shape index (κ1) is 13.7. The van der Waals surface area contributed by atoms with Gasteiger partial charge in [0.25, 0.3) is 0 Å². The Kier molecular flexibility index (Phi) is 5.66. The maximum absolute atomic E-state index is 11.0. The Labute approximate surface area is 101 Å². The van der Waals surface area contributed by atoms with E-state index >= 15 is 0 Å². The van der Waals surface area contributed by atoms with E-state index < -0.39 is 24.6 Å². The number of aliphatic hydroxyl groups is 2. The summed E-state index contributed by atoms with van der Waals surface area (Å²) in [5, 5.41) is 27.0. The van der Waals surface area contributed by atoms with Gasteiger partial charge in [0, 0.05) is 0 Å². The van der Waals surface area contributed by atoms with Crippen molar-refractivity contribution in [2.75, 3.05) is 6.61 Å². The summed E-state index contributed by atoms with van der Waals surface area (Å²) >= 11 is 0. The summed E-state index contributed by atoms with van der Waals surface area (Å²) in [5.74, 6) is -1.54. The average molecular weight is 238 g/mol. The molecule has 0 aliphatic carbocycles. The van der Waals surface area contributed by atoms with Crippen LogP contribution in [-0.2, 0) is 11.2 Å². The Hall–Kier alpha value is -1.39. The lowest BCUT2D eigenvalue weighted by Crippen LogP contribution is -2.23. The van der Waals surface area contributed by atoms with Gasteiger partial charge in [0.1, 0.15) is 0 Å². The summed E-state index contributed by atoms with van der Waals surface area (Å²) in [6.07, 6.45) is 0.275. The third kappa shape index (κ3) is 4.97. The van der Waals surface area contributed by atoms with E-state index in [4.69, 9.17) is 10.2 Å². The van der Waals surface area contributed by atoms with Crippen molar-refractivity contribution in [2.45, 2.75) is 25.4 Å². The largest absolute Gasteiger partial charge is 0.481 e. The Morgan fingerprint density at radius 1 is 1.24 bits per heavy atom. The Balaban J connectivity index is 2.47. The Morgan fingerprint density at radius 3 is 2.41 bits per heavy atom. The number of aliphatic hydroxyl groups excluding tert-OH is 2. The van der Waals surface area contributed by atoms with Gasteiger partial charge in [-0.3, -0.25) is 4.79 Å². The van der Waals surface area contributed by atoms with Crippen LogP contribution in [0.4, 0.5) is 0 Å². The maximum Gasteiger partial charge on any atom is 0.306 e. The number of rotatable bonds is 7. The second-order valence-corrected chi connectivity index (χ2v) is 4.13. The van der Waals surface area contributed by atoms with E-state index in [0.29, 0.717) is 12.8 Å². The summed E-state index contributed by atoms with van der Waals surface area (Å²) in [4.78, 5) is 11.0. The Morgan fingerprint density at radius 2 is 1.88 bits per heavy atom. The number of hydrogen-bond acceptors (Lipinski definition) is 3. The molecule has 0 saturated carbocycles. The van der Waals surface area contributed by atoms with Crippen LogP contribution in [0.2, 0.25) is 0 Å². The van der Waals surface area contributed by atoms with Gasteiger partial charge in [0.2, 0.25) is 0 Å². The smallest absolute Gasteiger partial charge is 0.306 e. The third-order valence-corrected chi connectivity index (χ3v) is 2.74. The molecule has 0 aliphatic rings. The average Bonchev–Trinajstić information content (AvgIpc) is 2.35. The van der Waals surface area contributed by atoms with Crippen LogP contribution in [0.5, 0.6) is 0 Å². The van der Waals surface area contributed by atoms with Gasteiger partial charge in [-0.2, -0.15) is 0 Å². The highest BCUT2D eigenvalue weighted by atomic mass is 16.4. The van der Waals surface area contributed by atoms with Gasteiger partial charge in [-0.15, -0.1) is 0 Å². The molecule has 0 saturated heterocycles. The summed E-state index contributed by atoms with van der Waals surface area (Å²) in [6.45, 7) is -0.394. The summed E-state index contributed by atoms with van der Waals surface area (Å²) in [5.41, 5.74) is 1.08. The molecule has 17 heavy (non-hydrogen) atoms. The molecule has 4 nitrogen and oxygen atoms in total. The lowest BCUT2D eigenvalue weighted by atomic mass is 9.94. The van der Waals surface area contributed by atoms with Crippen molar-refractivity contribution in [3.63, 3.8) is 0 Å². The number of aryl methyl sites for hydroxylation is 1. The van der Waals surface area contributed by atoms with Gasteiger partial charge in [-0.05, 0) is 24.8 Å². The molecule has 0 amide bonds. The van der Waals surface area contributed by atoms with Crippen molar-refractivity contribution in [2.24, 2.45) is 5.92 Å². The molecule has 2 atom stereocenters. The lowest BCUT2D eigenvalue weighted by Gasteiger charge is -2.15. The first-order chi connectivity index (χ1) is 8.13. The van der Waals surface area contributed by atoms with E-state index in [9.17, 15) is 9.90 Å². The molecule has 1 aromatic carbocycles. The number of carbonyl (C=O) groups is 1. The molecular weight excluding hydrogens is 220 g/mol. The molecule has 0 aliphatic heterocycles. The normalized spacial score (nSPS) is 14.2. The topological polar surface area (TPSA) is 77.8 Å². The van der Waals surface area contributed by atoms with Gasteiger partial charge < -0.3 is 15.3 Å². The standard InChI is InChI=1S/C13H18O4/c14-9-12(15)8-11(13(16)17)7-6-10-4-2-1-3-5-10/h1-5,11-12,14-15H,6-9H2,(H,16,17). The maximum atomic E-state index is 11.0. The van der Waals surface area contributed by atoms with E-state index in [2.05, 4.69) is 0 Å². The van der Waals surface area contributed by atoms with Gasteiger partial charge in [0.05, 0.1) is 18.6 Å². The molecular formula is C13H18O4. The van der Waals surface area contributed by atoms with E-state index in [0.717, 1.165) is 5.56 Å². The zero-order valence-electron chi connectivity index (χ0n) is 9.62. The number of hydrogen-bond donors (Lipinski definition) is 3. The highest BCUT2D eigenvalue weighted by Gasteiger charge is 2.20. The molecule has 0 bridgehead atoms. The van der Waals surface area contributed by atoms with E-state index in [1.165, 1.54) is 0 Å². The minimum absolute atomic E-state index is 0.0959. The van der Waals surface area contributed by atoms with Crippen LogP contribution in [0.1, 0.15) is 18.4 Å². The van der Waals surface area contributed by atoms with E-state index in [-0.39, 0.29) is 6.42 Å². The highest BCUT2D eigenvalue weighted by molar-refractivity contribution is 5.70. The molecule has 3 N–H and O–H groups in total. The van der Waals surface area contributed by atoms with Crippen molar-refractivity contribution in [1.82, 2.24) is 0 Å². The molecule has 1 aromatic rings. The van der Waals surface area contributed by atoms with Gasteiger partial charge in [-0.1, -0.05) is 30.3 Å². The number of benzene rings is 1. The SMILES string of the molecule is O=C(O)C(CCc1ccccc1)CC(O)CO. The van der Waals surface area contributed by atoms with Gasteiger partial charge in [0.15, 0.2) is 0 Å². The fourth-order valence-electron chi connectivity index (χ4n) is 1.73. The molecule has 0 radical (unpaired) electrons. The van der Waals surface area contributed by atoms with Gasteiger partial charge in [-0.25, -0.2) is 0 Å². The van der Waals surface area contributed by atoms with Crippen LogP contribution in [-0.4, -0.2) is 34.0 Å². The fraction of sp³-hybridized carbons (Fsp3) is 0.462. The quantitative estimate of drug-likeness (QED) is 0.664. The fourth-order valence-corrected chi connectivity index (χ4v) is 1.73. The molecule has 2 unspecified atom stereocenters. The van der Waals surface area contributed by atoms with Crippen LogP contribution in [0.15, 0.2) is 30.3 Å². The minimum atomic E-state index is -0.952. The monoisotopic (exact) mass is 238 g/mol. The van der Waals surface area contributed by atoms with E-state index in [1.54, 1.807) is 0 Å². The summed E-state index contributed by atoms with van der Waals surface area (Å²) < 4.78 is 0. The molecule has 0 spiro atoms. The van der Waals surface area contributed by atoms with Crippen LogP contribution >= 0.6 is 0 Å². The number of aliphatic carboxylic acids is 1. The third-order valence-electron chi connectivity index (χ3n) is 2.74. The Bertz CT molecular complexity index is 337. The molecule has 0 fully saturated rings.